The highest BCUT2D eigenvalue weighted by atomic mass is 16.5. The Balaban J connectivity index is 1.86. The van der Waals surface area contributed by atoms with Gasteiger partial charge in [-0.25, -0.2) is 0 Å². The van der Waals surface area contributed by atoms with Crippen LogP contribution in [-0.4, -0.2) is 36.7 Å². The van der Waals surface area contributed by atoms with Gasteiger partial charge in [0.05, 0.1) is 0 Å². The van der Waals surface area contributed by atoms with Gasteiger partial charge in [0.2, 0.25) is 0 Å². The molecule has 2 aliphatic rings. The number of hydrogen-bond donors (Lipinski definition) is 0. The fraction of sp³-hybridized carbons (Fsp3) is 1.00. The van der Waals surface area contributed by atoms with Crippen molar-refractivity contribution < 1.29 is 4.74 Å². The zero-order valence-electron chi connectivity index (χ0n) is 10.7. The summed E-state index contributed by atoms with van der Waals surface area (Å²) in [6.07, 6.45) is 2.51. The van der Waals surface area contributed by atoms with Crippen LogP contribution in [0, 0.1) is 11.3 Å². The van der Waals surface area contributed by atoms with E-state index in [1.807, 2.05) is 0 Å². The summed E-state index contributed by atoms with van der Waals surface area (Å²) in [5.41, 5.74) is 0.865. The first-order chi connectivity index (χ1) is 6.93. The van der Waals surface area contributed by atoms with E-state index >= 15 is 0 Å². The van der Waals surface area contributed by atoms with Gasteiger partial charge in [-0.2, -0.15) is 0 Å². The van der Waals surface area contributed by atoms with Crippen molar-refractivity contribution in [2.75, 3.05) is 26.3 Å². The van der Waals surface area contributed by atoms with Crippen LogP contribution in [0.25, 0.3) is 0 Å². The van der Waals surface area contributed by atoms with E-state index in [2.05, 4.69) is 32.6 Å². The van der Waals surface area contributed by atoms with Crippen molar-refractivity contribution in [2.24, 2.45) is 11.3 Å². The van der Waals surface area contributed by atoms with Crippen LogP contribution >= 0.6 is 0 Å². The van der Waals surface area contributed by atoms with Crippen LogP contribution in [0.4, 0.5) is 0 Å². The van der Waals surface area contributed by atoms with Gasteiger partial charge in [0.25, 0.3) is 0 Å². The van der Waals surface area contributed by atoms with Crippen molar-refractivity contribution in [3.8, 4) is 0 Å². The number of hydrogen-bond acceptors (Lipinski definition) is 2. The van der Waals surface area contributed by atoms with E-state index in [0.717, 1.165) is 19.1 Å². The molecule has 2 heterocycles. The Labute approximate surface area is 94.0 Å². The summed E-state index contributed by atoms with van der Waals surface area (Å²) in [6.45, 7) is 14.0. The molecule has 88 valence electrons. The minimum absolute atomic E-state index is 0.380. The minimum Gasteiger partial charge on any atom is -0.381 e. The van der Waals surface area contributed by atoms with Gasteiger partial charge in [0.1, 0.15) is 0 Å². The lowest BCUT2D eigenvalue weighted by molar-refractivity contribution is -0.128. The second-order valence-corrected chi connectivity index (χ2v) is 6.38. The molecule has 2 heteroatoms. The maximum absolute atomic E-state index is 5.41. The van der Waals surface area contributed by atoms with E-state index in [9.17, 15) is 0 Å². The smallest absolute Gasteiger partial charge is 0.0469 e. The molecule has 0 aromatic heterocycles. The van der Waals surface area contributed by atoms with Gasteiger partial charge in [-0.15, -0.1) is 0 Å². The van der Waals surface area contributed by atoms with Crippen LogP contribution in [0.5, 0.6) is 0 Å². The zero-order chi connectivity index (χ0) is 11.1. The molecule has 0 bridgehead atoms. The molecular weight excluding hydrogens is 186 g/mol. The van der Waals surface area contributed by atoms with Gasteiger partial charge in [0.15, 0.2) is 0 Å². The standard InChI is InChI=1S/C13H25NO/c1-12(2)10-14(13(12,3)4)9-11-5-7-15-8-6-11/h11H,5-10H2,1-4H3. The number of likely N-dealkylation sites (tertiary alicyclic amines) is 1. The van der Waals surface area contributed by atoms with Gasteiger partial charge in [-0.1, -0.05) is 13.8 Å². The van der Waals surface area contributed by atoms with Crippen molar-refractivity contribution in [2.45, 2.75) is 46.1 Å². The maximum atomic E-state index is 5.41. The molecule has 0 N–H and O–H groups in total. The molecule has 0 spiro atoms. The topological polar surface area (TPSA) is 12.5 Å². The van der Waals surface area contributed by atoms with Crippen molar-refractivity contribution in [1.29, 1.82) is 0 Å². The van der Waals surface area contributed by atoms with Crippen molar-refractivity contribution in [1.82, 2.24) is 4.90 Å². The molecule has 0 aromatic rings. The van der Waals surface area contributed by atoms with Crippen molar-refractivity contribution in [3.05, 3.63) is 0 Å². The van der Waals surface area contributed by atoms with Crippen LogP contribution in [0.2, 0.25) is 0 Å². The largest absolute Gasteiger partial charge is 0.381 e. The van der Waals surface area contributed by atoms with E-state index in [1.54, 1.807) is 0 Å². The fourth-order valence-electron chi connectivity index (χ4n) is 2.74. The van der Waals surface area contributed by atoms with Gasteiger partial charge < -0.3 is 4.74 Å². The molecule has 2 nitrogen and oxygen atoms in total. The van der Waals surface area contributed by atoms with Gasteiger partial charge in [-0.05, 0) is 38.0 Å². The number of ether oxygens (including phenoxy) is 1. The summed E-state index contributed by atoms with van der Waals surface area (Å²) in [4.78, 5) is 2.66. The molecule has 2 saturated heterocycles. The molecule has 2 aliphatic heterocycles. The second kappa shape index (κ2) is 3.74. The highest BCUT2D eigenvalue weighted by Gasteiger charge is 2.52. The average molecular weight is 211 g/mol. The fourth-order valence-corrected chi connectivity index (χ4v) is 2.74. The summed E-state index contributed by atoms with van der Waals surface area (Å²) >= 11 is 0. The summed E-state index contributed by atoms with van der Waals surface area (Å²) in [5.74, 6) is 0.870. The van der Waals surface area contributed by atoms with E-state index in [1.165, 1.54) is 25.9 Å². The Bertz CT molecular complexity index is 229. The second-order valence-electron chi connectivity index (χ2n) is 6.38. The van der Waals surface area contributed by atoms with E-state index in [4.69, 9.17) is 4.74 Å². The molecule has 0 aromatic carbocycles. The Hall–Kier alpha value is -0.0800. The normalized spacial score (nSPS) is 31.2. The van der Waals surface area contributed by atoms with E-state index < -0.39 is 0 Å². The van der Waals surface area contributed by atoms with E-state index in [-0.39, 0.29) is 0 Å². The highest BCUT2D eigenvalue weighted by molar-refractivity contribution is 5.06. The molecule has 0 saturated carbocycles. The van der Waals surface area contributed by atoms with Crippen LogP contribution in [0.15, 0.2) is 0 Å². The van der Waals surface area contributed by atoms with Crippen LogP contribution in [0.1, 0.15) is 40.5 Å². The Morgan fingerprint density at radius 1 is 1.13 bits per heavy atom. The Morgan fingerprint density at radius 2 is 1.73 bits per heavy atom. The Morgan fingerprint density at radius 3 is 2.20 bits per heavy atom. The Kier molecular flexibility index (Phi) is 2.85. The predicted molar refractivity (Wildman–Crippen MR) is 63.0 cm³/mol. The first-order valence-corrected chi connectivity index (χ1v) is 6.26. The van der Waals surface area contributed by atoms with Gasteiger partial charge in [-0.3, -0.25) is 4.90 Å². The van der Waals surface area contributed by atoms with Crippen LogP contribution in [-0.2, 0) is 4.74 Å². The maximum Gasteiger partial charge on any atom is 0.0469 e. The third-order valence-corrected chi connectivity index (χ3v) is 4.85. The molecule has 0 amide bonds. The molecule has 0 unspecified atom stereocenters. The highest BCUT2D eigenvalue weighted by Crippen LogP contribution is 2.46. The number of rotatable bonds is 2. The van der Waals surface area contributed by atoms with Crippen LogP contribution < -0.4 is 0 Å². The predicted octanol–water partition coefficient (Wildman–Crippen LogP) is 2.53. The van der Waals surface area contributed by atoms with Crippen molar-refractivity contribution in [3.63, 3.8) is 0 Å². The summed E-state index contributed by atoms with van der Waals surface area (Å²) in [7, 11) is 0. The number of nitrogens with zero attached hydrogens (tertiary/aromatic N) is 1. The quantitative estimate of drug-likeness (QED) is 0.696. The molecule has 2 rings (SSSR count). The third kappa shape index (κ3) is 1.94. The molecule has 2 fully saturated rings. The summed E-state index contributed by atoms with van der Waals surface area (Å²) in [6, 6.07) is 0. The molecular formula is C13H25NO. The molecule has 0 atom stereocenters. The summed E-state index contributed by atoms with van der Waals surface area (Å²) < 4.78 is 5.41. The molecule has 0 radical (unpaired) electrons. The van der Waals surface area contributed by atoms with Crippen LogP contribution in [0.3, 0.4) is 0 Å². The lowest BCUT2D eigenvalue weighted by atomic mass is 9.65. The lowest BCUT2D eigenvalue weighted by Gasteiger charge is -2.62. The van der Waals surface area contributed by atoms with Gasteiger partial charge >= 0.3 is 0 Å². The first kappa shape index (κ1) is 11.4. The van der Waals surface area contributed by atoms with Crippen molar-refractivity contribution >= 4 is 0 Å². The zero-order valence-corrected chi connectivity index (χ0v) is 10.7. The first-order valence-electron chi connectivity index (χ1n) is 6.26. The SMILES string of the molecule is CC1(C)CN(CC2CCOCC2)C1(C)C. The third-order valence-electron chi connectivity index (χ3n) is 4.85. The van der Waals surface area contributed by atoms with E-state index in [0.29, 0.717) is 11.0 Å². The molecule has 0 aliphatic carbocycles. The summed E-state index contributed by atoms with van der Waals surface area (Å²) in [5, 5.41) is 0. The van der Waals surface area contributed by atoms with Gasteiger partial charge in [0, 0.05) is 31.8 Å². The molecule has 15 heavy (non-hydrogen) atoms. The lowest BCUT2D eigenvalue weighted by Crippen LogP contribution is -2.69. The average Bonchev–Trinajstić information content (AvgIpc) is 2.18. The monoisotopic (exact) mass is 211 g/mol. The minimum atomic E-state index is 0.380.